The number of rotatable bonds is 28. The van der Waals surface area contributed by atoms with Crippen molar-refractivity contribution < 1.29 is 23.7 Å². The first-order valence-corrected chi connectivity index (χ1v) is 15.5. The third-order valence-corrected chi connectivity index (χ3v) is 6.61. The number of ether oxygens (including phenoxy) is 4. The van der Waals surface area contributed by atoms with E-state index < -0.39 is 6.09 Å². The number of benzene rings is 1. The summed E-state index contributed by atoms with van der Waals surface area (Å²) in [4.78, 5) is 11.6. The molecule has 1 N–H and O–H groups in total. The monoisotopic (exact) mass is 535 g/mol. The molecule has 0 unspecified atom stereocenters. The Balaban J connectivity index is 1.67. The van der Waals surface area contributed by atoms with Crippen LogP contribution in [0, 0.1) is 0 Å². The third-order valence-electron chi connectivity index (χ3n) is 6.61. The lowest BCUT2D eigenvalue weighted by atomic mass is 10.0. The Hall–Kier alpha value is -1.63. The second-order valence-electron chi connectivity index (χ2n) is 10.1. The summed E-state index contributed by atoms with van der Waals surface area (Å²) in [5, 5.41) is 2.67. The van der Waals surface area contributed by atoms with E-state index >= 15 is 0 Å². The molecule has 1 amide bonds. The molecule has 6 nitrogen and oxygen atoms in total. The maximum atomic E-state index is 11.6. The van der Waals surface area contributed by atoms with Crippen molar-refractivity contribution in [2.45, 2.75) is 116 Å². The van der Waals surface area contributed by atoms with Gasteiger partial charge in [-0.2, -0.15) is 0 Å². The lowest BCUT2D eigenvalue weighted by Crippen LogP contribution is -2.28. The van der Waals surface area contributed by atoms with Gasteiger partial charge in [0.25, 0.3) is 0 Å². The molecule has 220 valence electrons. The predicted octanol–water partition coefficient (Wildman–Crippen LogP) is 8.22. The van der Waals surface area contributed by atoms with Crippen LogP contribution in [0.2, 0.25) is 0 Å². The Morgan fingerprint density at radius 3 is 1.55 bits per heavy atom. The quantitative estimate of drug-likeness (QED) is 0.109. The van der Waals surface area contributed by atoms with Crippen LogP contribution in [0.5, 0.6) is 0 Å². The molecule has 0 heterocycles. The van der Waals surface area contributed by atoms with Gasteiger partial charge in [0.1, 0.15) is 6.61 Å². The first-order chi connectivity index (χ1) is 18.8. The highest BCUT2D eigenvalue weighted by Gasteiger charge is 2.01. The Labute approximate surface area is 233 Å². The van der Waals surface area contributed by atoms with Crippen LogP contribution in [-0.4, -0.2) is 52.3 Å². The second-order valence-corrected chi connectivity index (χ2v) is 10.1. The van der Waals surface area contributed by atoms with E-state index in [-0.39, 0.29) is 6.61 Å². The van der Waals surface area contributed by atoms with Crippen molar-refractivity contribution in [3.8, 4) is 0 Å². The van der Waals surface area contributed by atoms with Gasteiger partial charge in [-0.1, -0.05) is 134 Å². The number of hydrogen-bond acceptors (Lipinski definition) is 5. The van der Waals surface area contributed by atoms with Crippen molar-refractivity contribution in [2.24, 2.45) is 0 Å². The van der Waals surface area contributed by atoms with Crippen LogP contribution in [0.1, 0.15) is 115 Å². The van der Waals surface area contributed by atoms with E-state index in [9.17, 15) is 4.79 Å². The molecule has 38 heavy (non-hydrogen) atoms. The summed E-state index contributed by atoms with van der Waals surface area (Å²) < 4.78 is 21.8. The molecule has 1 aromatic carbocycles. The molecule has 0 aliphatic rings. The average molecular weight is 536 g/mol. The van der Waals surface area contributed by atoms with Gasteiger partial charge in [0.2, 0.25) is 0 Å². The molecule has 1 aromatic rings. The van der Waals surface area contributed by atoms with Gasteiger partial charge < -0.3 is 24.3 Å². The maximum Gasteiger partial charge on any atom is 0.407 e. The minimum atomic E-state index is -0.435. The Morgan fingerprint density at radius 1 is 0.579 bits per heavy atom. The minimum absolute atomic E-state index is 0.267. The lowest BCUT2D eigenvalue weighted by molar-refractivity contribution is 0.0143. The fraction of sp³-hybridized carbons (Fsp3) is 0.781. The predicted molar refractivity (Wildman–Crippen MR) is 157 cm³/mol. The summed E-state index contributed by atoms with van der Waals surface area (Å²) >= 11 is 0. The summed E-state index contributed by atoms with van der Waals surface area (Å²) in [5.41, 5.74) is 0.963. The summed E-state index contributed by atoms with van der Waals surface area (Å²) in [6.45, 7) is 6.47. The molecule has 0 spiro atoms. The Kier molecular flexibility index (Phi) is 25.7. The van der Waals surface area contributed by atoms with E-state index in [0.717, 1.165) is 18.6 Å². The molecule has 0 aliphatic carbocycles. The minimum Gasteiger partial charge on any atom is -0.445 e. The van der Waals surface area contributed by atoms with E-state index in [1.54, 1.807) is 0 Å². The van der Waals surface area contributed by atoms with Crippen molar-refractivity contribution in [2.75, 3.05) is 46.2 Å². The Bertz CT molecular complexity index is 613. The number of unbranched alkanes of at least 4 members (excludes halogenated alkanes) is 15. The van der Waals surface area contributed by atoms with E-state index in [2.05, 4.69) is 12.2 Å². The van der Waals surface area contributed by atoms with E-state index in [1.807, 2.05) is 30.3 Å². The SMILES string of the molecule is CCCCCCCCCCCCCCCCCCOCCOCCOCCNC(=O)OCc1ccccc1. The Morgan fingerprint density at radius 2 is 1.03 bits per heavy atom. The summed E-state index contributed by atoms with van der Waals surface area (Å²) in [6, 6.07) is 9.60. The first kappa shape index (κ1) is 34.4. The van der Waals surface area contributed by atoms with Crippen LogP contribution in [0.4, 0.5) is 4.79 Å². The number of alkyl carbamates (subject to hydrolysis) is 1. The number of carbonyl (C=O) groups excluding carboxylic acids is 1. The zero-order valence-corrected chi connectivity index (χ0v) is 24.4. The summed E-state index contributed by atoms with van der Waals surface area (Å²) in [7, 11) is 0. The van der Waals surface area contributed by atoms with Crippen LogP contribution < -0.4 is 5.32 Å². The van der Waals surface area contributed by atoms with E-state index in [0.29, 0.717) is 39.6 Å². The van der Waals surface area contributed by atoms with Gasteiger partial charge in [0.05, 0.1) is 33.0 Å². The van der Waals surface area contributed by atoms with Crippen molar-refractivity contribution in [1.29, 1.82) is 0 Å². The largest absolute Gasteiger partial charge is 0.445 e. The molecule has 0 saturated heterocycles. The summed E-state index contributed by atoms with van der Waals surface area (Å²) in [5.74, 6) is 0. The highest BCUT2D eigenvalue weighted by molar-refractivity contribution is 5.67. The van der Waals surface area contributed by atoms with Crippen molar-refractivity contribution in [3.05, 3.63) is 35.9 Å². The number of hydrogen-bond donors (Lipinski definition) is 1. The van der Waals surface area contributed by atoms with Crippen molar-refractivity contribution >= 4 is 6.09 Å². The average Bonchev–Trinajstić information content (AvgIpc) is 2.94. The van der Waals surface area contributed by atoms with Gasteiger partial charge in [-0.25, -0.2) is 4.79 Å². The normalized spacial score (nSPS) is 11.1. The lowest BCUT2D eigenvalue weighted by Gasteiger charge is -2.08. The van der Waals surface area contributed by atoms with Gasteiger partial charge in [0.15, 0.2) is 0 Å². The fourth-order valence-electron chi connectivity index (χ4n) is 4.29. The zero-order valence-electron chi connectivity index (χ0n) is 24.4. The van der Waals surface area contributed by atoms with Crippen LogP contribution in [0.25, 0.3) is 0 Å². The number of carbonyl (C=O) groups is 1. The van der Waals surface area contributed by atoms with Crippen LogP contribution in [-0.2, 0) is 25.6 Å². The topological polar surface area (TPSA) is 66.0 Å². The molecule has 0 saturated carbocycles. The first-order valence-electron chi connectivity index (χ1n) is 15.5. The molecule has 0 aromatic heterocycles. The molecule has 0 fully saturated rings. The molecule has 0 radical (unpaired) electrons. The van der Waals surface area contributed by atoms with Crippen molar-refractivity contribution in [3.63, 3.8) is 0 Å². The molecular formula is C32H57NO5. The highest BCUT2D eigenvalue weighted by atomic mass is 16.6. The molecule has 1 rings (SSSR count). The third kappa shape index (κ3) is 24.7. The van der Waals surface area contributed by atoms with Gasteiger partial charge in [-0.15, -0.1) is 0 Å². The van der Waals surface area contributed by atoms with Gasteiger partial charge in [0, 0.05) is 13.2 Å². The van der Waals surface area contributed by atoms with Gasteiger partial charge in [-0.3, -0.25) is 0 Å². The molecule has 0 bridgehead atoms. The standard InChI is InChI=1S/C32H57NO5/c1-2-3-4-5-6-7-8-9-10-11-12-13-14-15-16-20-24-35-26-28-37-29-27-36-25-23-33-32(34)38-30-31-21-18-17-19-22-31/h17-19,21-22H,2-16,20,23-30H2,1H3,(H,33,34). The molecule has 0 atom stereocenters. The zero-order chi connectivity index (χ0) is 27.2. The van der Waals surface area contributed by atoms with Crippen molar-refractivity contribution in [1.82, 2.24) is 5.32 Å². The molecular weight excluding hydrogens is 478 g/mol. The van der Waals surface area contributed by atoms with Crippen LogP contribution in [0.15, 0.2) is 30.3 Å². The smallest absolute Gasteiger partial charge is 0.407 e. The van der Waals surface area contributed by atoms with E-state index in [1.165, 1.54) is 96.3 Å². The maximum absolute atomic E-state index is 11.6. The number of amides is 1. The summed E-state index contributed by atoms with van der Waals surface area (Å²) in [6.07, 6.45) is 21.7. The molecule has 0 aliphatic heterocycles. The van der Waals surface area contributed by atoms with Crippen LogP contribution in [0.3, 0.4) is 0 Å². The van der Waals surface area contributed by atoms with Gasteiger partial charge in [-0.05, 0) is 12.0 Å². The molecule has 6 heteroatoms. The van der Waals surface area contributed by atoms with Crippen LogP contribution >= 0.6 is 0 Å². The second kappa shape index (κ2) is 28.4. The van der Waals surface area contributed by atoms with E-state index in [4.69, 9.17) is 18.9 Å². The fourth-order valence-corrected chi connectivity index (χ4v) is 4.29. The highest BCUT2D eigenvalue weighted by Crippen LogP contribution is 2.13. The van der Waals surface area contributed by atoms with Gasteiger partial charge >= 0.3 is 6.09 Å². The number of nitrogens with one attached hydrogen (secondary N) is 1.